The molecule has 1 aromatic carbocycles. The van der Waals surface area contributed by atoms with Crippen LogP contribution in [0.2, 0.25) is 0 Å². The second-order valence-electron chi connectivity index (χ2n) is 10.9. The number of carbonyl (C=O) groups excluding carboxylic acids is 1. The van der Waals surface area contributed by atoms with E-state index in [0.717, 1.165) is 63.7 Å². The fourth-order valence-electron chi connectivity index (χ4n) is 7.84. The third-order valence-electron chi connectivity index (χ3n) is 9.28. The highest BCUT2D eigenvalue weighted by atomic mass is 19.1. The first-order chi connectivity index (χ1) is 16.1. The molecule has 0 radical (unpaired) electrons. The lowest BCUT2D eigenvalue weighted by Crippen LogP contribution is -2.45. The number of hydrogen-bond acceptors (Lipinski definition) is 3. The van der Waals surface area contributed by atoms with Crippen LogP contribution in [-0.2, 0) is 21.4 Å². The lowest BCUT2D eigenvalue weighted by Gasteiger charge is -2.50. The van der Waals surface area contributed by atoms with Crippen LogP contribution in [0.3, 0.4) is 0 Å². The van der Waals surface area contributed by atoms with Crippen molar-refractivity contribution in [2.75, 3.05) is 13.2 Å². The van der Waals surface area contributed by atoms with Gasteiger partial charge in [0.1, 0.15) is 5.82 Å². The molecule has 1 saturated carbocycles. The number of fused-ring (bicyclic) bond motifs is 7. The van der Waals surface area contributed by atoms with Crippen molar-refractivity contribution in [3.63, 3.8) is 0 Å². The van der Waals surface area contributed by atoms with Crippen LogP contribution < -0.4 is 5.32 Å². The number of halogens is 1. The van der Waals surface area contributed by atoms with Gasteiger partial charge in [-0.2, -0.15) is 5.10 Å². The summed E-state index contributed by atoms with van der Waals surface area (Å²) in [5, 5.41) is 11.1. The standard InChI is InChI=1S/C27H34FN3O2/c1-27-12-9-18-17-3-2-4-23(28)19(17)5-6-20(18)25(27)21(22-15-29-31-26(22)27)7-8-24(32)30-16-10-13-33-14-11-16/h2-4,15-16,18,20-21,25H,5-14H2,1H3,(H,29,31)(H,30,32)/t18?,20?,21-,25?,27+/m1/s1. The summed E-state index contributed by atoms with van der Waals surface area (Å²) < 4.78 is 20.0. The Bertz CT molecular complexity index is 1050. The van der Waals surface area contributed by atoms with E-state index in [4.69, 9.17) is 9.84 Å². The number of nitrogens with zero attached hydrogens (tertiary/aromatic N) is 1. The topological polar surface area (TPSA) is 67.0 Å². The maximum atomic E-state index is 14.6. The fraction of sp³-hybridized carbons (Fsp3) is 0.630. The minimum absolute atomic E-state index is 0.0309. The Labute approximate surface area is 194 Å². The lowest BCUT2D eigenvalue weighted by atomic mass is 9.53. The maximum absolute atomic E-state index is 14.6. The summed E-state index contributed by atoms with van der Waals surface area (Å²) in [7, 11) is 0. The van der Waals surface area contributed by atoms with E-state index in [1.807, 2.05) is 6.07 Å². The molecule has 2 fully saturated rings. The highest BCUT2D eigenvalue weighted by Crippen LogP contribution is 2.64. The first-order valence-electron chi connectivity index (χ1n) is 12.7. The van der Waals surface area contributed by atoms with E-state index in [0.29, 0.717) is 30.1 Å². The van der Waals surface area contributed by atoms with Crippen LogP contribution in [-0.4, -0.2) is 35.4 Å². The number of amides is 1. The number of hydrogen-bond donors (Lipinski definition) is 2. The smallest absolute Gasteiger partial charge is 0.220 e. The van der Waals surface area contributed by atoms with Crippen LogP contribution in [0.1, 0.15) is 86.1 Å². The molecule has 6 heteroatoms. The Kier molecular flexibility index (Phi) is 5.32. The number of nitrogens with one attached hydrogen (secondary N) is 2. The summed E-state index contributed by atoms with van der Waals surface area (Å²) in [5.41, 5.74) is 4.72. The van der Waals surface area contributed by atoms with Crippen LogP contribution in [0.4, 0.5) is 4.39 Å². The van der Waals surface area contributed by atoms with Gasteiger partial charge in [-0.15, -0.1) is 0 Å². The third-order valence-corrected chi connectivity index (χ3v) is 9.28. The fourth-order valence-corrected chi connectivity index (χ4v) is 7.84. The summed E-state index contributed by atoms with van der Waals surface area (Å²) >= 11 is 0. The Morgan fingerprint density at radius 3 is 2.94 bits per heavy atom. The van der Waals surface area contributed by atoms with Crippen molar-refractivity contribution in [1.82, 2.24) is 15.5 Å². The second-order valence-corrected chi connectivity index (χ2v) is 10.9. The molecule has 2 N–H and O–H groups in total. The van der Waals surface area contributed by atoms with Gasteiger partial charge in [0.2, 0.25) is 5.91 Å². The van der Waals surface area contributed by atoms with Gasteiger partial charge in [-0.3, -0.25) is 9.89 Å². The van der Waals surface area contributed by atoms with Crippen LogP contribution in [0.25, 0.3) is 0 Å². The third kappa shape index (κ3) is 3.44. The normalized spacial score (nSPS) is 33.0. The number of ether oxygens (including phenoxy) is 1. The van der Waals surface area contributed by atoms with Gasteiger partial charge >= 0.3 is 0 Å². The van der Waals surface area contributed by atoms with Gasteiger partial charge in [0, 0.05) is 37.3 Å². The number of carbonyl (C=O) groups is 1. The Morgan fingerprint density at radius 1 is 1.24 bits per heavy atom. The van der Waals surface area contributed by atoms with Gasteiger partial charge in [-0.25, -0.2) is 4.39 Å². The van der Waals surface area contributed by atoms with E-state index >= 15 is 0 Å². The minimum Gasteiger partial charge on any atom is -0.381 e. The van der Waals surface area contributed by atoms with Crippen molar-refractivity contribution in [1.29, 1.82) is 0 Å². The highest BCUT2D eigenvalue weighted by molar-refractivity contribution is 5.76. The first kappa shape index (κ1) is 21.3. The van der Waals surface area contributed by atoms with E-state index < -0.39 is 0 Å². The summed E-state index contributed by atoms with van der Waals surface area (Å²) in [6.07, 6.45) is 9.26. The van der Waals surface area contributed by atoms with Crippen LogP contribution in [0, 0.1) is 17.7 Å². The molecule has 3 unspecified atom stereocenters. The summed E-state index contributed by atoms with van der Waals surface area (Å²) in [4.78, 5) is 12.8. The zero-order valence-corrected chi connectivity index (χ0v) is 19.4. The van der Waals surface area contributed by atoms with Crippen molar-refractivity contribution in [3.8, 4) is 0 Å². The molecule has 2 aromatic rings. The van der Waals surface area contributed by atoms with E-state index in [-0.39, 0.29) is 23.2 Å². The SMILES string of the molecule is C[C@]12CCC3c4cccc(F)c4CCC3C1[C@H](CCC(=O)NC1CCOCC1)c1c[nH]nc12. The van der Waals surface area contributed by atoms with Gasteiger partial charge < -0.3 is 10.1 Å². The van der Waals surface area contributed by atoms with Crippen molar-refractivity contribution in [2.45, 2.75) is 81.6 Å². The van der Waals surface area contributed by atoms with Crippen LogP contribution >= 0.6 is 0 Å². The molecule has 0 bridgehead atoms. The molecule has 6 rings (SSSR count). The Morgan fingerprint density at radius 2 is 2.09 bits per heavy atom. The average Bonchev–Trinajstić information content (AvgIpc) is 3.39. The molecule has 1 aliphatic heterocycles. The van der Waals surface area contributed by atoms with Crippen molar-refractivity contribution >= 4 is 5.91 Å². The molecule has 0 spiro atoms. The number of rotatable bonds is 4. The van der Waals surface area contributed by atoms with Gasteiger partial charge in [0.05, 0.1) is 5.69 Å². The molecule has 3 aliphatic carbocycles. The van der Waals surface area contributed by atoms with Gasteiger partial charge in [-0.05, 0) is 91.4 Å². The van der Waals surface area contributed by atoms with Gasteiger partial charge in [-0.1, -0.05) is 19.1 Å². The van der Waals surface area contributed by atoms with E-state index in [9.17, 15) is 9.18 Å². The molecule has 33 heavy (non-hydrogen) atoms. The quantitative estimate of drug-likeness (QED) is 0.706. The molecule has 176 valence electrons. The predicted octanol–water partition coefficient (Wildman–Crippen LogP) is 4.74. The zero-order chi connectivity index (χ0) is 22.6. The number of aromatic nitrogens is 2. The zero-order valence-electron chi connectivity index (χ0n) is 19.4. The predicted molar refractivity (Wildman–Crippen MR) is 124 cm³/mol. The molecule has 5 atom stereocenters. The monoisotopic (exact) mass is 451 g/mol. The largest absolute Gasteiger partial charge is 0.381 e. The minimum atomic E-state index is -0.0415. The van der Waals surface area contributed by atoms with Crippen LogP contribution in [0.15, 0.2) is 24.4 Å². The van der Waals surface area contributed by atoms with E-state index in [2.05, 4.69) is 29.6 Å². The van der Waals surface area contributed by atoms with Crippen molar-refractivity contribution < 1.29 is 13.9 Å². The first-order valence-corrected chi connectivity index (χ1v) is 12.7. The molecular formula is C27H34FN3O2. The summed E-state index contributed by atoms with van der Waals surface area (Å²) in [6, 6.07) is 5.88. The van der Waals surface area contributed by atoms with Crippen molar-refractivity contribution in [2.24, 2.45) is 11.8 Å². The molecular weight excluding hydrogens is 417 g/mol. The summed E-state index contributed by atoms with van der Waals surface area (Å²) in [5.74, 6) is 1.82. The highest BCUT2D eigenvalue weighted by Gasteiger charge is 2.58. The molecule has 4 aliphatic rings. The maximum Gasteiger partial charge on any atom is 0.220 e. The van der Waals surface area contributed by atoms with Gasteiger partial charge in [0.25, 0.3) is 0 Å². The van der Waals surface area contributed by atoms with Crippen LogP contribution in [0.5, 0.6) is 0 Å². The Hall–Kier alpha value is -2.21. The van der Waals surface area contributed by atoms with E-state index in [1.165, 1.54) is 16.8 Å². The number of aromatic amines is 1. The number of H-pyrrole nitrogens is 1. The Balaban J connectivity index is 1.25. The molecule has 5 nitrogen and oxygen atoms in total. The average molecular weight is 452 g/mol. The molecule has 1 aromatic heterocycles. The molecule has 1 saturated heterocycles. The second kappa shape index (κ2) is 8.23. The summed E-state index contributed by atoms with van der Waals surface area (Å²) in [6.45, 7) is 3.85. The molecule has 1 amide bonds. The van der Waals surface area contributed by atoms with Crippen molar-refractivity contribution in [3.05, 3.63) is 52.6 Å². The molecule has 2 heterocycles. The lowest BCUT2D eigenvalue weighted by molar-refractivity contribution is -0.122. The van der Waals surface area contributed by atoms with Gasteiger partial charge in [0.15, 0.2) is 0 Å². The number of benzene rings is 1. The van der Waals surface area contributed by atoms with E-state index in [1.54, 1.807) is 6.07 Å².